The molecule has 0 aromatic carbocycles. The maximum Gasteiger partial charge on any atom is 0.0615 e. The number of nitrogens with one attached hydrogen (secondary N) is 1. The van der Waals surface area contributed by atoms with Crippen LogP contribution in [0.25, 0.3) is 0 Å². The van der Waals surface area contributed by atoms with E-state index in [4.69, 9.17) is 9.47 Å². The molecule has 2 unspecified atom stereocenters. The predicted octanol–water partition coefficient (Wildman–Crippen LogP) is 1.60. The predicted molar refractivity (Wildman–Crippen MR) is 77.1 cm³/mol. The lowest BCUT2D eigenvalue weighted by atomic mass is 9.86. The third-order valence-electron chi connectivity index (χ3n) is 3.42. The molecule has 0 saturated carbocycles. The van der Waals surface area contributed by atoms with Gasteiger partial charge in [0.1, 0.15) is 0 Å². The zero-order chi connectivity index (χ0) is 14.2. The van der Waals surface area contributed by atoms with E-state index in [1.807, 2.05) is 7.05 Å². The van der Waals surface area contributed by atoms with Crippen LogP contribution in [0.3, 0.4) is 0 Å². The lowest BCUT2D eigenvalue weighted by molar-refractivity contribution is 0.0583. The first-order valence-electron chi connectivity index (χ1n) is 6.76. The standard InChI is InChI=1S/C14H32N2O2/c1-12(11-18-7)16(8-9-17-6)10-13(15-5)14(2,3)4/h12-13,15H,8-11H2,1-7H3. The highest BCUT2D eigenvalue weighted by Gasteiger charge is 2.26. The zero-order valence-electron chi connectivity index (χ0n) is 13.2. The molecular formula is C14H32N2O2. The Balaban J connectivity index is 4.54. The van der Waals surface area contributed by atoms with Crippen molar-refractivity contribution >= 4 is 0 Å². The fraction of sp³-hybridized carbons (Fsp3) is 1.00. The molecule has 0 aliphatic carbocycles. The summed E-state index contributed by atoms with van der Waals surface area (Å²) >= 11 is 0. The van der Waals surface area contributed by atoms with Crippen LogP contribution in [-0.2, 0) is 9.47 Å². The average molecular weight is 260 g/mol. The Bertz CT molecular complexity index is 204. The molecule has 1 N–H and O–H groups in total. The van der Waals surface area contributed by atoms with Crippen LogP contribution in [0.2, 0.25) is 0 Å². The van der Waals surface area contributed by atoms with Crippen LogP contribution in [0, 0.1) is 5.41 Å². The van der Waals surface area contributed by atoms with Gasteiger partial charge in [-0.25, -0.2) is 0 Å². The average Bonchev–Trinajstić information content (AvgIpc) is 2.27. The van der Waals surface area contributed by atoms with Gasteiger partial charge in [-0.2, -0.15) is 0 Å². The molecule has 0 spiro atoms. The van der Waals surface area contributed by atoms with Gasteiger partial charge >= 0.3 is 0 Å². The number of rotatable bonds is 9. The monoisotopic (exact) mass is 260 g/mol. The highest BCUT2D eigenvalue weighted by molar-refractivity contribution is 4.84. The Morgan fingerprint density at radius 2 is 1.78 bits per heavy atom. The van der Waals surface area contributed by atoms with Crippen molar-refractivity contribution in [1.29, 1.82) is 0 Å². The van der Waals surface area contributed by atoms with E-state index >= 15 is 0 Å². The first-order chi connectivity index (χ1) is 8.36. The van der Waals surface area contributed by atoms with Crippen molar-refractivity contribution in [3.63, 3.8) is 0 Å². The molecule has 0 radical (unpaired) electrons. The van der Waals surface area contributed by atoms with E-state index < -0.39 is 0 Å². The summed E-state index contributed by atoms with van der Waals surface area (Å²) in [7, 11) is 5.54. The maximum atomic E-state index is 5.26. The molecule has 0 fully saturated rings. The summed E-state index contributed by atoms with van der Waals surface area (Å²) in [5, 5.41) is 3.42. The molecule has 0 aromatic rings. The Morgan fingerprint density at radius 3 is 2.17 bits per heavy atom. The van der Waals surface area contributed by atoms with Crippen LogP contribution >= 0.6 is 0 Å². The van der Waals surface area contributed by atoms with Crippen LogP contribution in [0.5, 0.6) is 0 Å². The minimum Gasteiger partial charge on any atom is -0.383 e. The van der Waals surface area contributed by atoms with Crippen LogP contribution in [0.4, 0.5) is 0 Å². The molecule has 0 aliphatic heterocycles. The van der Waals surface area contributed by atoms with Crippen LogP contribution in [-0.4, -0.2) is 64.6 Å². The highest BCUT2D eigenvalue weighted by atomic mass is 16.5. The van der Waals surface area contributed by atoms with E-state index in [-0.39, 0.29) is 5.41 Å². The van der Waals surface area contributed by atoms with E-state index in [9.17, 15) is 0 Å². The summed E-state index contributed by atoms with van der Waals surface area (Å²) in [5.41, 5.74) is 0.243. The topological polar surface area (TPSA) is 33.7 Å². The number of hydrogen-bond donors (Lipinski definition) is 1. The SMILES string of the molecule is CNC(CN(CCOC)C(C)COC)C(C)(C)C. The third kappa shape index (κ3) is 6.69. The van der Waals surface area contributed by atoms with Gasteiger partial charge in [-0.15, -0.1) is 0 Å². The number of likely N-dealkylation sites (N-methyl/N-ethyl adjacent to an activating group) is 1. The number of nitrogens with zero attached hydrogens (tertiary/aromatic N) is 1. The van der Waals surface area contributed by atoms with E-state index in [0.717, 1.165) is 26.3 Å². The Labute approximate surface area is 113 Å². The van der Waals surface area contributed by atoms with Gasteiger partial charge in [0.15, 0.2) is 0 Å². The maximum absolute atomic E-state index is 5.26. The van der Waals surface area contributed by atoms with Crippen LogP contribution in [0.15, 0.2) is 0 Å². The van der Waals surface area contributed by atoms with Crippen molar-refractivity contribution in [1.82, 2.24) is 10.2 Å². The zero-order valence-corrected chi connectivity index (χ0v) is 13.2. The quantitative estimate of drug-likeness (QED) is 0.683. The van der Waals surface area contributed by atoms with E-state index in [2.05, 4.69) is 37.9 Å². The van der Waals surface area contributed by atoms with Gasteiger partial charge in [-0.05, 0) is 19.4 Å². The third-order valence-corrected chi connectivity index (χ3v) is 3.42. The molecule has 0 aliphatic rings. The summed E-state index contributed by atoms with van der Waals surface area (Å²) in [6.07, 6.45) is 0. The highest BCUT2D eigenvalue weighted by Crippen LogP contribution is 2.20. The lowest BCUT2D eigenvalue weighted by Gasteiger charge is -2.37. The van der Waals surface area contributed by atoms with E-state index in [1.165, 1.54) is 0 Å². The molecule has 4 nitrogen and oxygen atoms in total. The Hall–Kier alpha value is -0.160. The van der Waals surface area contributed by atoms with E-state index in [0.29, 0.717) is 12.1 Å². The molecular weight excluding hydrogens is 228 g/mol. The van der Waals surface area contributed by atoms with Crippen LogP contribution < -0.4 is 5.32 Å². The smallest absolute Gasteiger partial charge is 0.0615 e. The van der Waals surface area contributed by atoms with Crippen molar-refractivity contribution in [3.05, 3.63) is 0 Å². The molecule has 0 heterocycles. The molecule has 0 amide bonds. The summed E-state index contributed by atoms with van der Waals surface area (Å²) in [5.74, 6) is 0. The number of methoxy groups -OCH3 is 2. The van der Waals surface area contributed by atoms with Crippen LogP contribution in [0.1, 0.15) is 27.7 Å². The van der Waals surface area contributed by atoms with Gasteiger partial charge in [-0.3, -0.25) is 4.90 Å². The summed E-state index contributed by atoms with van der Waals surface area (Å²) in [4.78, 5) is 2.43. The molecule has 0 rings (SSSR count). The Kier molecular flexibility index (Phi) is 8.78. The second-order valence-corrected chi connectivity index (χ2v) is 6.00. The molecule has 18 heavy (non-hydrogen) atoms. The molecule has 4 heteroatoms. The molecule has 2 atom stereocenters. The van der Waals surface area contributed by atoms with Crippen molar-refractivity contribution in [2.75, 3.05) is 47.6 Å². The Morgan fingerprint density at radius 1 is 1.17 bits per heavy atom. The summed E-state index contributed by atoms with van der Waals surface area (Å²) in [6, 6.07) is 0.858. The van der Waals surface area contributed by atoms with Gasteiger partial charge < -0.3 is 14.8 Å². The molecule has 110 valence electrons. The fourth-order valence-corrected chi connectivity index (χ4v) is 2.08. The normalized spacial score (nSPS) is 16.0. The molecule has 0 bridgehead atoms. The van der Waals surface area contributed by atoms with E-state index in [1.54, 1.807) is 14.2 Å². The van der Waals surface area contributed by atoms with Crippen molar-refractivity contribution < 1.29 is 9.47 Å². The second-order valence-electron chi connectivity index (χ2n) is 6.00. The lowest BCUT2D eigenvalue weighted by Crippen LogP contribution is -2.51. The largest absolute Gasteiger partial charge is 0.383 e. The molecule has 0 saturated heterocycles. The van der Waals surface area contributed by atoms with Crippen molar-refractivity contribution in [3.8, 4) is 0 Å². The molecule has 0 aromatic heterocycles. The number of ether oxygens (including phenoxy) is 2. The van der Waals surface area contributed by atoms with Crippen molar-refractivity contribution in [2.24, 2.45) is 5.41 Å². The number of hydrogen-bond acceptors (Lipinski definition) is 4. The summed E-state index contributed by atoms with van der Waals surface area (Å²) in [6.45, 7) is 12.5. The van der Waals surface area contributed by atoms with Gasteiger partial charge in [0, 0.05) is 39.4 Å². The fourth-order valence-electron chi connectivity index (χ4n) is 2.08. The van der Waals surface area contributed by atoms with Gasteiger partial charge in [0.25, 0.3) is 0 Å². The summed E-state index contributed by atoms with van der Waals surface area (Å²) < 4.78 is 10.5. The second kappa shape index (κ2) is 8.86. The van der Waals surface area contributed by atoms with Gasteiger partial charge in [0.05, 0.1) is 13.2 Å². The first-order valence-corrected chi connectivity index (χ1v) is 6.76. The first kappa shape index (κ1) is 17.8. The minimum absolute atomic E-state index is 0.243. The minimum atomic E-state index is 0.243. The van der Waals surface area contributed by atoms with Gasteiger partial charge in [-0.1, -0.05) is 20.8 Å². The van der Waals surface area contributed by atoms with Crippen molar-refractivity contribution in [2.45, 2.75) is 39.8 Å². The van der Waals surface area contributed by atoms with Gasteiger partial charge in [0.2, 0.25) is 0 Å².